The molecule has 0 bridgehead atoms. The van der Waals surface area contributed by atoms with Gasteiger partial charge in [0.05, 0.1) is 5.56 Å². The number of esters is 1. The summed E-state index contributed by atoms with van der Waals surface area (Å²) in [6.07, 6.45) is 5.35. The van der Waals surface area contributed by atoms with E-state index in [-0.39, 0.29) is 12.6 Å². The summed E-state index contributed by atoms with van der Waals surface area (Å²) in [5.41, 5.74) is 2.77. The molecule has 3 aromatic rings. The lowest BCUT2D eigenvalue weighted by molar-refractivity contribution is -0.891. The number of benzene rings is 2. The minimum Gasteiger partial charge on any atom is -0.457 e. The molecule has 0 saturated heterocycles. The zero-order chi connectivity index (χ0) is 18.0. The predicted octanol–water partition coefficient (Wildman–Crippen LogP) is 3.39. The molecule has 0 fully saturated rings. The Morgan fingerprint density at radius 1 is 0.808 bits per heavy atom. The first-order valence-electron chi connectivity index (χ1n) is 8.71. The Labute approximate surface area is 153 Å². The number of ether oxygens (including phenoxy) is 1. The van der Waals surface area contributed by atoms with Crippen molar-refractivity contribution in [1.82, 2.24) is 0 Å². The molecule has 0 aliphatic carbocycles. The monoisotopic (exact) mass is 348 g/mol. The van der Waals surface area contributed by atoms with Gasteiger partial charge in [-0.25, -0.2) is 4.79 Å². The third-order valence-electron chi connectivity index (χ3n) is 3.94. The predicted molar refractivity (Wildman–Crippen MR) is 98.4 cm³/mol. The van der Waals surface area contributed by atoms with Crippen molar-refractivity contribution >= 4 is 5.97 Å². The van der Waals surface area contributed by atoms with E-state index in [1.54, 1.807) is 29.3 Å². The molecule has 3 rings (SSSR count). The minimum atomic E-state index is -0.343. The third kappa shape index (κ3) is 5.45. The molecule has 2 aromatic carbocycles. The molecule has 1 aromatic heterocycles. The van der Waals surface area contributed by atoms with Crippen LogP contribution < -0.4 is 9.57 Å². The smallest absolute Gasteiger partial charge is 0.338 e. The highest BCUT2D eigenvalue weighted by Gasteiger charge is 2.10. The van der Waals surface area contributed by atoms with Gasteiger partial charge >= 0.3 is 5.97 Å². The highest BCUT2D eigenvalue weighted by atomic mass is 16.7. The molecule has 0 atom stereocenters. The second-order valence-electron chi connectivity index (χ2n) is 5.93. The average molecular weight is 348 g/mol. The van der Waals surface area contributed by atoms with Gasteiger partial charge in [0, 0.05) is 16.9 Å². The first-order chi connectivity index (χ1) is 12.8. The van der Waals surface area contributed by atoms with Gasteiger partial charge in [-0.2, -0.15) is 0 Å². The summed E-state index contributed by atoms with van der Waals surface area (Å²) in [7, 11) is 0. The second-order valence-corrected chi connectivity index (χ2v) is 5.93. The largest absolute Gasteiger partial charge is 0.457 e. The van der Waals surface area contributed by atoms with Crippen LogP contribution in [0, 0.1) is 0 Å². The molecule has 26 heavy (non-hydrogen) atoms. The summed E-state index contributed by atoms with van der Waals surface area (Å²) in [6, 6.07) is 23.4. The van der Waals surface area contributed by atoms with Crippen molar-refractivity contribution in [2.45, 2.75) is 19.4 Å². The maximum atomic E-state index is 12.1. The lowest BCUT2D eigenvalue weighted by Crippen LogP contribution is -2.42. The van der Waals surface area contributed by atoms with E-state index in [1.807, 2.05) is 48.5 Å². The molecular weight excluding hydrogens is 326 g/mol. The molecule has 0 unspecified atom stereocenters. The van der Waals surface area contributed by atoms with Crippen LogP contribution in [0.1, 0.15) is 27.9 Å². The van der Waals surface area contributed by atoms with Gasteiger partial charge in [-0.3, -0.25) is 4.84 Å². The quantitative estimate of drug-likeness (QED) is 0.356. The number of carbonyl (C=O) groups is 1. The number of hydrogen-bond acceptors (Lipinski definition) is 3. The second kappa shape index (κ2) is 9.37. The number of carbonyl (C=O) groups excluding carboxylic acids is 1. The van der Waals surface area contributed by atoms with E-state index in [0.717, 1.165) is 18.4 Å². The summed E-state index contributed by atoms with van der Waals surface area (Å²) >= 11 is 0. The van der Waals surface area contributed by atoms with Crippen molar-refractivity contribution in [2.75, 3.05) is 6.61 Å². The molecule has 0 radical (unpaired) electrons. The number of aryl methyl sites for hydroxylation is 1. The van der Waals surface area contributed by atoms with Crippen LogP contribution in [-0.2, 0) is 17.8 Å². The fourth-order valence-corrected chi connectivity index (χ4v) is 2.53. The highest BCUT2D eigenvalue weighted by molar-refractivity contribution is 5.88. The van der Waals surface area contributed by atoms with Crippen LogP contribution in [0.5, 0.6) is 0 Å². The molecule has 4 heteroatoms. The van der Waals surface area contributed by atoms with Crippen LogP contribution >= 0.6 is 0 Å². The van der Waals surface area contributed by atoms with Gasteiger partial charge in [-0.05, 0) is 24.0 Å². The minimum absolute atomic E-state index is 0.268. The molecule has 0 spiro atoms. The summed E-state index contributed by atoms with van der Waals surface area (Å²) in [6.45, 7) is 0.877. The van der Waals surface area contributed by atoms with Crippen molar-refractivity contribution < 1.29 is 19.1 Å². The van der Waals surface area contributed by atoms with Gasteiger partial charge in [0.25, 0.3) is 0 Å². The van der Waals surface area contributed by atoms with Crippen LogP contribution in [0.4, 0.5) is 0 Å². The van der Waals surface area contributed by atoms with E-state index in [2.05, 4.69) is 12.1 Å². The van der Waals surface area contributed by atoms with Crippen molar-refractivity contribution in [3.8, 4) is 0 Å². The van der Waals surface area contributed by atoms with Gasteiger partial charge in [0.15, 0.2) is 6.61 Å². The molecular formula is C22H22NO3+. The zero-order valence-electron chi connectivity index (χ0n) is 14.6. The first-order valence-corrected chi connectivity index (χ1v) is 8.71. The molecule has 0 saturated carbocycles. The standard InChI is InChI=1S/C22H22NO3/c24-22(25-18-20-10-5-2-6-11-20)21-13-15-23(16-14-21)26-17-7-12-19-8-3-1-4-9-19/h1-6,8-11,13-16H,7,12,17-18H2/q+1. The van der Waals surface area contributed by atoms with Crippen molar-refractivity contribution in [1.29, 1.82) is 0 Å². The van der Waals surface area contributed by atoms with E-state index >= 15 is 0 Å². The van der Waals surface area contributed by atoms with Crippen molar-refractivity contribution in [3.63, 3.8) is 0 Å². The van der Waals surface area contributed by atoms with Gasteiger partial charge < -0.3 is 4.74 Å². The number of nitrogens with zero attached hydrogens (tertiary/aromatic N) is 1. The van der Waals surface area contributed by atoms with E-state index in [4.69, 9.17) is 9.57 Å². The van der Waals surface area contributed by atoms with Crippen LogP contribution in [0.2, 0.25) is 0 Å². The summed E-state index contributed by atoms with van der Waals surface area (Å²) < 4.78 is 6.92. The Kier molecular flexibility index (Phi) is 6.37. The van der Waals surface area contributed by atoms with Crippen LogP contribution in [0.3, 0.4) is 0 Å². The van der Waals surface area contributed by atoms with Gasteiger partial charge in [-0.1, -0.05) is 60.7 Å². The Morgan fingerprint density at radius 2 is 1.42 bits per heavy atom. The van der Waals surface area contributed by atoms with E-state index in [0.29, 0.717) is 12.2 Å². The molecule has 1 heterocycles. The topological polar surface area (TPSA) is 39.4 Å². The molecule has 4 nitrogen and oxygen atoms in total. The Balaban J connectivity index is 1.42. The summed E-state index contributed by atoms with van der Waals surface area (Å²) in [5.74, 6) is -0.343. The van der Waals surface area contributed by atoms with Crippen molar-refractivity contribution in [3.05, 3.63) is 102 Å². The number of hydrogen-bond donors (Lipinski definition) is 0. The lowest BCUT2D eigenvalue weighted by Gasteiger charge is -2.04. The number of pyridine rings is 1. The van der Waals surface area contributed by atoms with Crippen LogP contribution in [0.15, 0.2) is 85.2 Å². The normalized spacial score (nSPS) is 10.3. The Hall–Kier alpha value is -3.14. The lowest BCUT2D eigenvalue weighted by atomic mass is 10.1. The average Bonchev–Trinajstić information content (AvgIpc) is 2.71. The summed E-state index contributed by atoms with van der Waals surface area (Å²) in [5, 5.41) is 0. The number of rotatable bonds is 8. The van der Waals surface area contributed by atoms with E-state index in [9.17, 15) is 4.79 Å². The van der Waals surface area contributed by atoms with E-state index in [1.165, 1.54) is 5.56 Å². The number of aromatic nitrogens is 1. The zero-order valence-corrected chi connectivity index (χ0v) is 14.6. The van der Waals surface area contributed by atoms with Gasteiger partial charge in [0.2, 0.25) is 12.4 Å². The van der Waals surface area contributed by atoms with Gasteiger partial charge in [-0.15, -0.1) is 0 Å². The molecule has 0 amide bonds. The third-order valence-corrected chi connectivity index (χ3v) is 3.94. The first kappa shape index (κ1) is 17.7. The highest BCUT2D eigenvalue weighted by Crippen LogP contribution is 2.05. The van der Waals surface area contributed by atoms with Gasteiger partial charge in [0.1, 0.15) is 6.61 Å². The molecule has 0 aliphatic rings. The van der Waals surface area contributed by atoms with Crippen molar-refractivity contribution in [2.24, 2.45) is 0 Å². The summed E-state index contributed by atoms with van der Waals surface area (Å²) in [4.78, 5) is 17.7. The fourth-order valence-electron chi connectivity index (χ4n) is 2.53. The molecule has 132 valence electrons. The Bertz CT molecular complexity index is 802. The fraction of sp³-hybridized carbons (Fsp3) is 0.182. The van der Waals surface area contributed by atoms with Crippen LogP contribution in [0.25, 0.3) is 0 Å². The maximum absolute atomic E-state index is 12.1. The maximum Gasteiger partial charge on any atom is 0.338 e. The molecule has 0 aliphatic heterocycles. The molecule has 0 N–H and O–H groups in total. The van der Waals surface area contributed by atoms with E-state index < -0.39 is 0 Å². The Morgan fingerprint density at radius 3 is 2.08 bits per heavy atom. The van der Waals surface area contributed by atoms with Crippen LogP contribution in [-0.4, -0.2) is 12.6 Å². The SMILES string of the molecule is O=C(OCc1ccccc1)c1cc[n+](OCCCc2ccccc2)cc1.